The molecule has 178 valence electrons. The average molecular weight is 494 g/mol. The van der Waals surface area contributed by atoms with Crippen LogP contribution < -0.4 is 5.11 Å². The normalized spacial score (nSPS) is 15.7. The number of amidine groups is 1. The zero-order chi connectivity index (χ0) is 24.9. The van der Waals surface area contributed by atoms with E-state index >= 15 is 0 Å². The summed E-state index contributed by atoms with van der Waals surface area (Å²) >= 11 is 1.33. The van der Waals surface area contributed by atoms with Crippen LogP contribution in [0.5, 0.6) is 0 Å². The number of carboxylic acids is 1. The van der Waals surface area contributed by atoms with E-state index in [2.05, 4.69) is 0 Å². The molecule has 2 heterocycles. The molecular formula is C29H21N2O4S-. The van der Waals surface area contributed by atoms with Crippen LogP contribution in [-0.2, 0) is 17.9 Å². The van der Waals surface area contributed by atoms with E-state index in [0.29, 0.717) is 34.7 Å². The van der Waals surface area contributed by atoms with E-state index in [1.54, 1.807) is 35.2 Å². The van der Waals surface area contributed by atoms with Crippen molar-refractivity contribution in [3.8, 4) is 11.3 Å². The lowest BCUT2D eigenvalue weighted by Gasteiger charge is -2.15. The van der Waals surface area contributed by atoms with Gasteiger partial charge in [-0.25, -0.2) is 0 Å². The number of carboxylic acid groups (broad SMARTS) is 1. The van der Waals surface area contributed by atoms with Gasteiger partial charge < -0.3 is 14.3 Å². The minimum atomic E-state index is -1.23. The summed E-state index contributed by atoms with van der Waals surface area (Å²) in [6.07, 6.45) is 1.72. The summed E-state index contributed by atoms with van der Waals surface area (Å²) in [5, 5.41) is 11.6. The Bertz CT molecular complexity index is 1440. The molecule has 0 N–H and O–H groups in total. The van der Waals surface area contributed by atoms with Gasteiger partial charge in [0.25, 0.3) is 5.91 Å². The molecule has 1 saturated heterocycles. The summed E-state index contributed by atoms with van der Waals surface area (Å²) in [4.78, 5) is 31.3. The van der Waals surface area contributed by atoms with E-state index in [-0.39, 0.29) is 11.5 Å². The molecule has 1 aromatic heterocycles. The molecule has 0 bridgehead atoms. The first-order valence-electron chi connectivity index (χ1n) is 11.3. The lowest BCUT2D eigenvalue weighted by atomic mass is 10.1. The molecule has 0 atom stereocenters. The van der Waals surface area contributed by atoms with Gasteiger partial charge in [-0.15, -0.1) is 0 Å². The number of benzene rings is 3. The second-order valence-corrected chi connectivity index (χ2v) is 9.15. The molecule has 1 aliphatic heterocycles. The van der Waals surface area contributed by atoms with Crippen LogP contribution in [-0.4, -0.2) is 21.9 Å². The van der Waals surface area contributed by atoms with Crippen molar-refractivity contribution in [2.24, 2.45) is 4.99 Å². The molecule has 4 aromatic rings. The molecular weight excluding hydrogens is 472 g/mol. The fourth-order valence-electron chi connectivity index (χ4n) is 3.76. The Morgan fingerprint density at radius 1 is 0.889 bits per heavy atom. The predicted molar refractivity (Wildman–Crippen MR) is 139 cm³/mol. The molecule has 7 heteroatoms. The lowest BCUT2D eigenvalue weighted by molar-refractivity contribution is -0.255. The van der Waals surface area contributed by atoms with Gasteiger partial charge in [-0.05, 0) is 40.6 Å². The maximum Gasteiger partial charge on any atom is 0.267 e. The Morgan fingerprint density at radius 2 is 1.56 bits per heavy atom. The Kier molecular flexibility index (Phi) is 6.82. The van der Waals surface area contributed by atoms with E-state index in [0.717, 1.165) is 16.7 Å². The summed E-state index contributed by atoms with van der Waals surface area (Å²) in [7, 11) is 0. The Hall–Kier alpha value is -4.36. The van der Waals surface area contributed by atoms with Crippen molar-refractivity contribution in [2.75, 3.05) is 0 Å². The maximum atomic E-state index is 13.4. The zero-order valence-corrected chi connectivity index (χ0v) is 20.0. The number of carbonyl (C=O) groups is 2. The van der Waals surface area contributed by atoms with E-state index in [1.165, 1.54) is 23.9 Å². The number of hydrogen-bond acceptors (Lipinski definition) is 6. The summed E-state index contributed by atoms with van der Waals surface area (Å²) in [5.41, 5.74) is 2.91. The highest BCUT2D eigenvalue weighted by Crippen LogP contribution is 2.35. The van der Waals surface area contributed by atoms with Gasteiger partial charge >= 0.3 is 0 Å². The topological polar surface area (TPSA) is 85.9 Å². The van der Waals surface area contributed by atoms with Crippen LogP contribution in [0.15, 0.2) is 111 Å². The summed E-state index contributed by atoms with van der Waals surface area (Å²) in [6.45, 7) is 0.896. The first-order chi connectivity index (χ1) is 17.6. The summed E-state index contributed by atoms with van der Waals surface area (Å²) < 4.78 is 5.93. The number of carbonyl (C=O) groups excluding carboxylic acids is 2. The minimum Gasteiger partial charge on any atom is -0.545 e. The highest BCUT2D eigenvalue weighted by atomic mass is 32.2. The van der Waals surface area contributed by atoms with Crippen molar-refractivity contribution in [1.29, 1.82) is 0 Å². The second-order valence-electron chi connectivity index (χ2n) is 8.14. The van der Waals surface area contributed by atoms with Gasteiger partial charge in [0.15, 0.2) is 5.17 Å². The molecule has 0 aliphatic carbocycles. The SMILES string of the molecule is O=C([O-])c1ccc(-c2ccc(/C=C3/SC(=NCc4ccccc4)N(Cc4ccccc4)C3=O)o2)cc1. The molecule has 5 rings (SSSR count). The van der Waals surface area contributed by atoms with Crippen molar-refractivity contribution in [3.63, 3.8) is 0 Å². The number of amides is 1. The molecule has 1 aliphatic rings. The molecule has 0 radical (unpaired) electrons. The third kappa shape index (κ3) is 5.31. The standard InChI is InChI=1S/C29H22N2O4S/c32-27-26(17-24-15-16-25(35-24)22-11-13-23(14-12-22)28(33)34)36-29(30-18-20-7-3-1-4-8-20)31(27)19-21-9-5-2-6-10-21/h1-17H,18-19H2,(H,33,34)/p-1/b26-17+,30-29?. The van der Waals surface area contributed by atoms with Gasteiger partial charge in [-0.1, -0.05) is 84.9 Å². The van der Waals surface area contributed by atoms with Crippen LogP contribution in [0.1, 0.15) is 27.2 Å². The number of hydrogen-bond donors (Lipinski definition) is 0. The summed E-state index contributed by atoms with van der Waals surface area (Å²) in [5.74, 6) is -0.269. The van der Waals surface area contributed by atoms with Gasteiger partial charge in [0.2, 0.25) is 0 Å². The molecule has 0 unspecified atom stereocenters. The molecule has 1 amide bonds. The van der Waals surface area contributed by atoms with E-state index in [4.69, 9.17) is 9.41 Å². The van der Waals surface area contributed by atoms with Gasteiger partial charge in [0, 0.05) is 11.6 Å². The number of aromatic carboxylic acids is 1. The van der Waals surface area contributed by atoms with E-state index in [9.17, 15) is 14.7 Å². The number of furan rings is 1. The molecule has 6 nitrogen and oxygen atoms in total. The van der Waals surface area contributed by atoms with Gasteiger partial charge in [-0.3, -0.25) is 14.7 Å². The highest BCUT2D eigenvalue weighted by Gasteiger charge is 2.33. The van der Waals surface area contributed by atoms with Crippen molar-refractivity contribution in [3.05, 3.63) is 124 Å². The molecule has 1 fully saturated rings. The lowest BCUT2D eigenvalue weighted by Crippen LogP contribution is -2.28. The Balaban J connectivity index is 1.40. The monoisotopic (exact) mass is 493 g/mol. The van der Waals surface area contributed by atoms with Crippen molar-refractivity contribution in [2.45, 2.75) is 13.1 Å². The first-order valence-corrected chi connectivity index (χ1v) is 12.1. The molecule has 0 saturated carbocycles. The number of thioether (sulfide) groups is 1. The summed E-state index contributed by atoms with van der Waals surface area (Å²) in [6, 6.07) is 29.6. The van der Waals surface area contributed by atoms with Gasteiger partial charge in [0.1, 0.15) is 11.5 Å². The van der Waals surface area contributed by atoms with Crippen LogP contribution in [0.2, 0.25) is 0 Å². The van der Waals surface area contributed by atoms with Crippen LogP contribution in [0.4, 0.5) is 0 Å². The smallest absolute Gasteiger partial charge is 0.267 e. The van der Waals surface area contributed by atoms with Crippen molar-refractivity contribution in [1.82, 2.24) is 4.90 Å². The molecule has 0 spiro atoms. The van der Waals surface area contributed by atoms with Crippen molar-refractivity contribution < 1.29 is 19.1 Å². The van der Waals surface area contributed by atoms with Gasteiger partial charge in [0.05, 0.1) is 24.0 Å². The van der Waals surface area contributed by atoms with Gasteiger partial charge in [-0.2, -0.15) is 0 Å². The third-order valence-electron chi connectivity index (χ3n) is 5.62. The maximum absolute atomic E-state index is 13.4. The average Bonchev–Trinajstić information content (AvgIpc) is 3.49. The molecule has 36 heavy (non-hydrogen) atoms. The fraction of sp³-hybridized carbons (Fsp3) is 0.0690. The number of rotatable bonds is 7. The Morgan fingerprint density at radius 3 is 2.22 bits per heavy atom. The molecule has 3 aromatic carbocycles. The van der Waals surface area contributed by atoms with Crippen LogP contribution in [0.3, 0.4) is 0 Å². The highest BCUT2D eigenvalue weighted by molar-refractivity contribution is 8.18. The van der Waals surface area contributed by atoms with Crippen molar-refractivity contribution >= 4 is 34.9 Å². The second kappa shape index (κ2) is 10.5. The third-order valence-corrected chi connectivity index (χ3v) is 6.66. The predicted octanol–water partition coefficient (Wildman–Crippen LogP) is 4.98. The van der Waals surface area contributed by atoms with E-state index < -0.39 is 5.97 Å². The van der Waals surface area contributed by atoms with Crippen LogP contribution in [0, 0.1) is 0 Å². The van der Waals surface area contributed by atoms with E-state index in [1.807, 2.05) is 60.7 Å². The van der Waals surface area contributed by atoms with Crippen LogP contribution >= 0.6 is 11.8 Å². The zero-order valence-electron chi connectivity index (χ0n) is 19.2. The Labute approximate surface area is 212 Å². The first kappa shape index (κ1) is 23.4. The minimum absolute atomic E-state index is 0.0985. The number of nitrogens with zero attached hydrogens (tertiary/aromatic N) is 2. The van der Waals surface area contributed by atoms with Crippen LogP contribution in [0.25, 0.3) is 17.4 Å². The fourth-order valence-corrected chi connectivity index (χ4v) is 4.71. The number of aliphatic imine (C=N–C) groups is 1. The largest absolute Gasteiger partial charge is 0.545 e. The quantitative estimate of drug-likeness (QED) is 0.339.